The van der Waals surface area contributed by atoms with Gasteiger partial charge in [0.25, 0.3) is 0 Å². The Labute approximate surface area is 177 Å². The van der Waals surface area contributed by atoms with Crippen molar-refractivity contribution < 1.29 is 19.2 Å². The maximum absolute atomic E-state index is 12.9. The Morgan fingerprint density at radius 1 is 1.24 bits per heavy atom. The maximum atomic E-state index is 12.9. The van der Waals surface area contributed by atoms with Gasteiger partial charge in [-0.1, -0.05) is 6.07 Å². The average molecular weight is 423 g/mol. The number of fused-ring (bicyclic) bond motifs is 1. The first-order valence-electron chi connectivity index (χ1n) is 10.3. The molecule has 1 aliphatic heterocycles. The molecule has 1 aromatic carbocycles. The average Bonchev–Trinajstić information content (AvgIpc) is 2.86. The molecule has 1 heterocycles. The molecule has 0 bridgehead atoms. The molecule has 0 aromatic heterocycles. The van der Waals surface area contributed by atoms with Crippen molar-refractivity contribution in [2.75, 3.05) is 13.1 Å². The summed E-state index contributed by atoms with van der Waals surface area (Å²) in [4.78, 5) is 14.2. The molecule has 1 amide bonds. The number of piperidine rings is 1. The molecule has 2 N–H and O–H groups in total. The van der Waals surface area contributed by atoms with Crippen LogP contribution in [0.25, 0.3) is 0 Å². The zero-order valence-corrected chi connectivity index (χ0v) is 19.2. The molecule has 1 spiro atoms. The van der Waals surface area contributed by atoms with Crippen LogP contribution >= 0.6 is 0 Å². The SMILES string of the molecule is CC(C)(C)OC(=O)N1CCC2(CC1)Cc1ccc(O)cc1[C@H]2N[S+]([O-])C(C)(C)C. The minimum absolute atomic E-state index is 0.120. The third-order valence-electron chi connectivity index (χ3n) is 5.79. The minimum Gasteiger partial charge on any atom is -0.598 e. The monoisotopic (exact) mass is 422 g/mol. The topological polar surface area (TPSA) is 84.9 Å². The lowest BCUT2D eigenvalue weighted by Gasteiger charge is -2.43. The first kappa shape index (κ1) is 22.2. The van der Waals surface area contributed by atoms with Crippen molar-refractivity contribution in [1.29, 1.82) is 0 Å². The number of rotatable bonds is 2. The molecule has 1 aromatic rings. The number of nitrogens with one attached hydrogen (secondary N) is 1. The van der Waals surface area contributed by atoms with Crippen molar-refractivity contribution in [3.63, 3.8) is 0 Å². The number of phenols is 1. The van der Waals surface area contributed by atoms with Gasteiger partial charge in [-0.15, -0.1) is 4.72 Å². The van der Waals surface area contributed by atoms with E-state index in [4.69, 9.17) is 4.74 Å². The van der Waals surface area contributed by atoms with Gasteiger partial charge in [0.1, 0.15) is 16.1 Å². The Hall–Kier alpha value is -1.44. The number of amides is 1. The molecule has 0 radical (unpaired) electrons. The van der Waals surface area contributed by atoms with Crippen LogP contribution < -0.4 is 4.72 Å². The van der Waals surface area contributed by atoms with E-state index in [1.165, 1.54) is 5.56 Å². The lowest BCUT2D eigenvalue weighted by atomic mass is 9.73. The first-order valence-corrected chi connectivity index (χ1v) is 11.4. The third-order valence-corrected chi connectivity index (χ3v) is 7.35. The Morgan fingerprint density at radius 3 is 2.41 bits per heavy atom. The highest BCUT2D eigenvalue weighted by atomic mass is 32.2. The molecule has 3 rings (SSSR count). The van der Waals surface area contributed by atoms with Gasteiger partial charge in [-0.3, -0.25) is 0 Å². The second-order valence-corrected chi connectivity index (χ2v) is 12.3. The van der Waals surface area contributed by atoms with E-state index in [1.807, 2.05) is 47.6 Å². The molecular weight excluding hydrogens is 388 g/mol. The number of carbonyl (C=O) groups excluding carboxylic acids is 1. The highest BCUT2D eigenvalue weighted by Crippen LogP contribution is 2.53. The summed E-state index contributed by atoms with van der Waals surface area (Å²) in [5.74, 6) is 0.223. The molecule has 1 saturated heterocycles. The number of phenolic OH excluding ortho intramolecular Hbond substituents is 1. The number of ether oxygens (including phenoxy) is 1. The van der Waals surface area contributed by atoms with Gasteiger partial charge in [-0.25, -0.2) is 4.79 Å². The van der Waals surface area contributed by atoms with Gasteiger partial charge in [0.15, 0.2) is 0 Å². The van der Waals surface area contributed by atoms with Crippen LogP contribution in [0.1, 0.15) is 71.6 Å². The number of hydrogen-bond acceptors (Lipinski definition) is 5. The molecule has 7 heteroatoms. The number of nitrogens with zero attached hydrogens (tertiary/aromatic N) is 1. The largest absolute Gasteiger partial charge is 0.598 e. The molecular formula is C22H34N2O4S. The quantitative estimate of drug-likeness (QED) is 0.702. The number of carbonyl (C=O) groups is 1. The molecule has 0 saturated carbocycles. The summed E-state index contributed by atoms with van der Waals surface area (Å²) < 4.78 is 21.4. The molecule has 162 valence electrons. The predicted octanol–water partition coefficient (Wildman–Crippen LogP) is 4.06. The Balaban J connectivity index is 1.81. The Morgan fingerprint density at radius 2 is 1.86 bits per heavy atom. The van der Waals surface area contributed by atoms with Gasteiger partial charge < -0.3 is 19.3 Å². The van der Waals surface area contributed by atoms with Gasteiger partial charge in [-0.2, -0.15) is 0 Å². The lowest BCUT2D eigenvalue weighted by Crippen LogP contribution is -2.51. The molecule has 1 aliphatic carbocycles. The van der Waals surface area contributed by atoms with Crippen LogP contribution in [0.5, 0.6) is 5.75 Å². The van der Waals surface area contributed by atoms with Crippen molar-refractivity contribution >= 4 is 17.5 Å². The van der Waals surface area contributed by atoms with E-state index in [1.54, 1.807) is 17.0 Å². The number of likely N-dealkylation sites (tertiary alicyclic amines) is 1. The van der Waals surface area contributed by atoms with Gasteiger partial charge in [-0.05, 0) is 84.1 Å². The Kier molecular flexibility index (Phi) is 5.89. The zero-order valence-electron chi connectivity index (χ0n) is 18.4. The zero-order chi connectivity index (χ0) is 21.6. The van der Waals surface area contributed by atoms with Crippen LogP contribution in [-0.2, 0) is 22.5 Å². The van der Waals surface area contributed by atoms with Crippen molar-refractivity contribution in [3.8, 4) is 5.75 Å². The highest BCUT2D eigenvalue weighted by molar-refractivity contribution is 7.90. The molecule has 1 unspecified atom stereocenters. The van der Waals surface area contributed by atoms with Gasteiger partial charge in [0, 0.05) is 29.9 Å². The van der Waals surface area contributed by atoms with Crippen LogP contribution in [0.4, 0.5) is 4.79 Å². The lowest BCUT2D eigenvalue weighted by molar-refractivity contribution is 0.00716. The van der Waals surface area contributed by atoms with E-state index >= 15 is 0 Å². The summed E-state index contributed by atoms with van der Waals surface area (Å²) in [5, 5.41) is 10.0. The van der Waals surface area contributed by atoms with E-state index in [2.05, 4.69) is 4.72 Å². The smallest absolute Gasteiger partial charge is 0.410 e. The van der Waals surface area contributed by atoms with Crippen LogP contribution in [-0.4, -0.2) is 44.1 Å². The number of hydrogen-bond donors (Lipinski definition) is 2. The molecule has 2 atom stereocenters. The first-order chi connectivity index (χ1) is 13.3. The van der Waals surface area contributed by atoms with Crippen molar-refractivity contribution in [2.24, 2.45) is 5.41 Å². The molecule has 1 fully saturated rings. The van der Waals surface area contributed by atoms with E-state index in [-0.39, 0.29) is 23.3 Å². The third kappa shape index (κ3) is 4.84. The van der Waals surface area contributed by atoms with Crippen LogP contribution in [0.3, 0.4) is 0 Å². The fraction of sp³-hybridized carbons (Fsp3) is 0.682. The van der Waals surface area contributed by atoms with E-state index in [0.29, 0.717) is 13.1 Å². The standard InChI is InChI=1S/C22H34N2O4S/c1-20(2,3)28-19(26)24-11-9-22(10-12-24)14-15-7-8-16(25)13-17(15)18(22)23-29(27)21(4,5)6/h7-8,13,18,23,25H,9-12,14H2,1-6H3/t18-,29?/m1/s1. The van der Waals surface area contributed by atoms with Crippen molar-refractivity contribution in [3.05, 3.63) is 29.3 Å². The summed E-state index contributed by atoms with van der Waals surface area (Å²) >= 11 is -1.24. The number of benzene rings is 1. The van der Waals surface area contributed by atoms with Gasteiger partial charge >= 0.3 is 6.09 Å². The normalized spacial score (nSPS) is 22.4. The highest BCUT2D eigenvalue weighted by Gasteiger charge is 2.51. The second-order valence-electron chi connectivity index (χ2n) is 10.3. The van der Waals surface area contributed by atoms with Crippen molar-refractivity contribution in [2.45, 2.75) is 77.2 Å². The summed E-state index contributed by atoms with van der Waals surface area (Å²) in [6.07, 6.45) is 2.16. The van der Waals surface area contributed by atoms with Gasteiger partial charge in [0.05, 0.1) is 6.04 Å². The fourth-order valence-electron chi connectivity index (χ4n) is 4.22. The predicted molar refractivity (Wildman–Crippen MR) is 115 cm³/mol. The van der Waals surface area contributed by atoms with Crippen LogP contribution in [0, 0.1) is 5.41 Å². The molecule has 2 aliphatic rings. The molecule has 29 heavy (non-hydrogen) atoms. The van der Waals surface area contributed by atoms with Crippen molar-refractivity contribution in [1.82, 2.24) is 9.62 Å². The summed E-state index contributed by atoms with van der Waals surface area (Å²) in [5.41, 5.74) is 1.56. The van der Waals surface area contributed by atoms with Crippen LogP contribution in [0.2, 0.25) is 0 Å². The number of aromatic hydroxyl groups is 1. The summed E-state index contributed by atoms with van der Waals surface area (Å²) in [6.45, 7) is 12.7. The summed E-state index contributed by atoms with van der Waals surface area (Å²) in [6, 6.07) is 5.35. The Bertz CT molecular complexity index is 761. The molecule has 6 nitrogen and oxygen atoms in total. The summed E-state index contributed by atoms with van der Waals surface area (Å²) in [7, 11) is 0. The minimum atomic E-state index is -1.24. The second kappa shape index (κ2) is 7.67. The van der Waals surface area contributed by atoms with Gasteiger partial charge in [0.2, 0.25) is 0 Å². The van der Waals surface area contributed by atoms with E-state index < -0.39 is 21.7 Å². The van der Waals surface area contributed by atoms with E-state index in [0.717, 1.165) is 24.8 Å². The fourth-order valence-corrected chi connectivity index (χ4v) is 5.17. The maximum Gasteiger partial charge on any atom is 0.410 e. The van der Waals surface area contributed by atoms with Crippen LogP contribution in [0.15, 0.2) is 18.2 Å². The van der Waals surface area contributed by atoms with E-state index in [9.17, 15) is 14.5 Å².